The van der Waals surface area contributed by atoms with E-state index in [-0.39, 0.29) is 84.2 Å². The topological polar surface area (TPSA) is 452 Å². The van der Waals surface area contributed by atoms with Gasteiger partial charge in [0.25, 0.3) is 11.8 Å². The minimum Gasteiger partial charge on any atom is -0.496 e. The van der Waals surface area contributed by atoms with Gasteiger partial charge in [-0.1, -0.05) is 85.3 Å². The molecule has 42 heteroatoms. The number of aromatic nitrogens is 7. The van der Waals surface area contributed by atoms with Crippen LogP contribution in [0.2, 0.25) is 5.02 Å². The van der Waals surface area contributed by atoms with Gasteiger partial charge in [0.15, 0.2) is 5.82 Å². The maximum Gasteiger partial charge on any atom is 0.410 e. The summed E-state index contributed by atoms with van der Waals surface area (Å²) in [5.74, 6) is -3.02. The standard InChI is InChI=1S/C97H122ClFN16O23S/c1-65(2)88(108-82(116)29-39-127-41-36-114-83(117)26-27-84(114)118)92(120)107-77(15-12-30-102-96(100)123)91(119)106-72-23-20-69(70(57-72)59-111(4)97(124)137-63-74-60-113(110-109-74)35-40-128-45-46-130-49-50-132-53-54-134-56-55-133-52-51-131-48-47-129-44-43-125-6)61-115(5)37-32-112(33-38-115)34-42-135-80-25-24-75(66(3)87(80)98)85-86-93(103-64-104-94(86)139-89(85)67-18-21-71(99)22-19-67)138-81(95(121)122)58-68-13-8-10-16-78(68)136-62-73-28-31-101-90(105-73)76-14-9-11-17-79(76)126-7/h8-11,13-14,16-28,31,57,60,64-65,77,81,88H,12,15,29-30,32-56,58-59,61-63H2,1-7H3,(H6-,100,102,106,107,108,116,119,120,121,122,123)/p+1/t77-,81+,88-/m0/s1. The number of hydrogen-bond donors (Lipinski definition) is 6. The zero-order valence-corrected chi connectivity index (χ0v) is 80.8. The predicted octanol–water partition coefficient (Wildman–Crippen LogP) is 9.05. The summed E-state index contributed by atoms with van der Waals surface area (Å²) in [4.78, 5) is 130. The van der Waals surface area contributed by atoms with E-state index in [0.717, 1.165) is 22.6 Å². The Hall–Kier alpha value is -12.4. The predicted molar refractivity (Wildman–Crippen MR) is 511 cm³/mol. The highest BCUT2D eigenvalue weighted by atomic mass is 35.5. The van der Waals surface area contributed by atoms with E-state index in [9.17, 15) is 47.9 Å². The molecule has 0 spiro atoms. The Labute approximate surface area is 814 Å². The molecule has 9 aromatic rings. The Morgan fingerprint density at radius 2 is 1.32 bits per heavy atom. The largest absolute Gasteiger partial charge is 0.496 e. The Morgan fingerprint density at radius 3 is 1.98 bits per heavy atom. The van der Waals surface area contributed by atoms with Gasteiger partial charge < -0.3 is 108 Å². The van der Waals surface area contributed by atoms with Crippen molar-refractivity contribution in [3.8, 4) is 56.1 Å². The lowest BCUT2D eigenvalue weighted by Gasteiger charge is -2.42. The number of nitrogens with one attached hydrogen (secondary N) is 4. The number of methoxy groups -OCH3 is 2. The number of hydrogen-bond acceptors (Lipinski definition) is 30. The zero-order chi connectivity index (χ0) is 98.8. The molecular formula is C97H123ClFN16O23S+. The van der Waals surface area contributed by atoms with Crippen molar-refractivity contribution < 1.29 is 119 Å². The summed E-state index contributed by atoms with van der Waals surface area (Å²) < 4.78 is 96.9. The van der Waals surface area contributed by atoms with Crippen LogP contribution in [-0.4, -0.2) is 318 Å². The molecule has 6 heterocycles. The average Bonchev–Trinajstić information content (AvgIpc) is 1.60. The number of aliphatic carboxylic acids is 1. The monoisotopic (exact) mass is 1970 g/mol. The molecule has 7 N–H and O–H groups in total. The molecule has 39 nitrogen and oxygen atoms in total. The van der Waals surface area contributed by atoms with Gasteiger partial charge in [-0.25, -0.2) is 43.4 Å². The first kappa shape index (κ1) is 107. The molecule has 1 fully saturated rings. The van der Waals surface area contributed by atoms with Crippen LogP contribution in [0.4, 0.5) is 19.7 Å². The highest BCUT2D eigenvalue weighted by molar-refractivity contribution is 7.22. The van der Waals surface area contributed by atoms with Gasteiger partial charge in [0.1, 0.15) is 78.4 Å². The van der Waals surface area contributed by atoms with Crippen molar-refractivity contribution in [1.82, 2.24) is 65.6 Å². The molecule has 3 atom stereocenters. The molecule has 1 saturated heterocycles. The second-order valence-corrected chi connectivity index (χ2v) is 34.6. The third-order valence-corrected chi connectivity index (χ3v) is 24.2. The SMILES string of the molecule is COCCOCCOCCOCCOCCOCCOCCOCCn1cc(COC(=O)N(C)Cc2cc(NC(=O)[C@H](CCCNC(N)=O)NC(=O)[C@@H](NC(=O)CCOCCN3C(=O)C=CC3=O)C(C)C)ccc2C[N+]2(C)CCN(CCOc3ccc(-c4c(-c5ccc(F)cc5)sc5ncnc(O[C@H](Cc6ccccc6OCc6ccnc(-c7ccccc7OC)n6)C(=O)O)c45)c(C)c3Cl)CC2)nn1. The van der Waals surface area contributed by atoms with Gasteiger partial charge in [0, 0.05) is 99.8 Å². The van der Waals surface area contributed by atoms with Crippen molar-refractivity contribution in [2.45, 2.75) is 97.5 Å². The molecule has 0 aliphatic carbocycles. The molecule has 0 radical (unpaired) electrons. The molecule has 4 aromatic heterocycles. The number of quaternary nitrogens is 1. The quantitative estimate of drug-likeness (QED) is 0.0117. The fourth-order valence-corrected chi connectivity index (χ4v) is 16.4. The highest BCUT2D eigenvalue weighted by Crippen LogP contribution is 2.50. The molecule has 0 unspecified atom stereocenters. The van der Waals surface area contributed by atoms with Crippen LogP contribution < -0.4 is 45.9 Å². The van der Waals surface area contributed by atoms with Crippen LogP contribution in [0.3, 0.4) is 0 Å². The number of halogens is 2. The minimum atomic E-state index is -1.48. The number of anilines is 1. The number of para-hydroxylation sites is 2. The zero-order valence-electron chi connectivity index (χ0n) is 79.2. The number of thiophene rings is 1. The molecule has 11 rings (SSSR count). The second-order valence-electron chi connectivity index (χ2n) is 33.2. The lowest BCUT2D eigenvalue weighted by molar-refractivity contribution is -0.926. The summed E-state index contributed by atoms with van der Waals surface area (Å²) in [7, 11) is 6.94. The lowest BCUT2D eigenvalue weighted by Crippen LogP contribution is -2.57. The number of ether oxygens (including phenoxy) is 14. The fraction of sp³-hybridized carbons (Fsp3) is 0.464. The van der Waals surface area contributed by atoms with E-state index in [0.29, 0.717) is 249 Å². The molecular weight excluding hydrogens is 1840 g/mol. The van der Waals surface area contributed by atoms with E-state index in [2.05, 4.69) is 58.5 Å². The number of piperazine rings is 1. The average molecular weight is 1970 g/mol. The third-order valence-electron chi connectivity index (χ3n) is 22.6. The summed E-state index contributed by atoms with van der Waals surface area (Å²) in [5, 5.41) is 31.1. The first-order chi connectivity index (χ1) is 67.3. The van der Waals surface area contributed by atoms with Gasteiger partial charge in [-0.05, 0) is 108 Å². The molecule has 0 bridgehead atoms. The number of fused-ring (bicyclic) bond motifs is 1. The van der Waals surface area contributed by atoms with Gasteiger partial charge >= 0.3 is 18.1 Å². The van der Waals surface area contributed by atoms with E-state index in [1.807, 2.05) is 43.3 Å². The van der Waals surface area contributed by atoms with Crippen molar-refractivity contribution in [3.05, 3.63) is 185 Å². The van der Waals surface area contributed by atoms with Gasteiger partial charge in [-0.3, -0.25) is 33.8 Å². The Bertz CT molecular complexity index is 5520. The van der Waals surface area contributed by atoms with E-state index >= 15 is 0 Å². The number of carbonyl (C=O) groups excluding carboxylic acids is 7. The summed E-state index contributed by atoms with van der Waals surface area (Å²) in [5.41, 5.74) is 12.0. The molecule has 2 aliphatic rings. The molecule has 8 amide bonds. The Kier molecular flexibility index (Phi) is 43.2. The number of amides is 8. The van der Waals surface area contributed by atoms with E-state index in [1.165, 1.54) is 34.7 Å². The number of carbonyl (C=O) groups is 8. The Balaban J connectivity index is 0.710. The second kappa shape index (κ2) is 56.0. The molecule has 5 aromatic carbocycles. The van der Waals surface area contributed by atoms with Crippen LogP contribution >= 0.6 is 22.9 Å². The van der Waals surface area contributed by atoms with Gasteiger partial charge in [0.2, 0.25) is 29.7 Å². The number of nitrogens with two attached hydrogens (primary N) is 1. The molecule has 139 heavy (non-hydrogen) atoms. The number of likely N-dealkylation sites (N-methyl/N-ethyl adjacent to an activating group) is 1. The molecule has 748 valence electrons. The van der Waals surface area contributed by atoms with Crippen molar-refractivity contribution in [1.29, 1.82) is 0 Å². The van der Waals surface area contributed by atoms with Gasteiger partial charge in [-0.15, -0.1) is 16.4 Å². The van der Waals surface area contributed by atoms with Crippen LogP contribution in [0.15, 0.2) is 140 Å². The number of benzene rings is 5. The maximum atomic E-state index is 14.7. The number of urea groups is 1. The number of nitrogens with zero attached hydrogens (tertiary/aromatic N) is 11. The number of primary amides is 1. The van der Waals surface area contributed by atoms with E-state index < -0.39 is 77.6 Å². The van der Waals surface area contributed by atoms with E-state index in [4.69, 9.17) is 88.6 Å². The van der Waals surface area contributed by atoms with Crippen molar-refractivity contribution >= 4 is 86.5 Å². The lowest BCUT2D eigenvalue weighted by atomic mass is 9.96. The van der Waals surface area contributed by atoms with Crippen LogP contribution in [0.5, 0.6) is 23.1 Å². The Morgan fingerprint density at radius 1 is 0.669 bits per heavy atom. The van der Waals surface area contributed by atoms with Crippen LogP contribution in [0.25, 0.3) is 43.2 Å². The van der Waals surface area contributed by atoms with Crippen molar-refractivity contribution in [2.75, 3.05) is 198 Å². The fourth-order valence-electron chi connectivity index (χ4n) is 15.0. The van der Waals surface area contributed by atoms with Gasteiger partial charge in [0.05, 0.1) is 181 Å². The molecule has 2 aliphatic heterocycles. The van der Waals surface area contributed by atoms with Gasteiger partial charge in [-0.2, -0.15) is 0 Å². The normalized spacial score (nSPS) is 13.7. The summed E-state index contributed by atoms with van der Waals surface area (Å²) in [6.07, 6.45) is 4.71. The smallest absolute Gasteiger partial charge is 0.410 e. The van der Waals surface area contributed by atoms with Crippen LogP contribution in [0.1, 0.15) is 66.8 Å². The number of imide groups is 1. The minimum absolute atomic E-state index is 0.00584. The number of carboxylic acids is 1. The summed E-state index contributed by atoms with van der Waals surface area (Å²) in [6, 6.07) is 28.2. The third kappa shape index (κ3) is 33.7. The number of rotatable bonds is 62. The first-order valence-corrected chi connectivity index (χ1v) is 47.1. The summed E-state index contributed by atoms with van der Waals surface area (Å²) in [6.45, 7) is 16.0. The highest BCUT2D eigenvalue weighted by Gasteiger charge is 2.35. The van der Waals surface area contributed by atoms with Crippen molar-refractivity contribution in [3.63, 3.8) is 0 Å². The van der Waals surface area contributed by atoms with Crippen LogP contribution in [0, 0.1) is 18.7 Å². The van der Waals surface area contributed by atoms with E-state index in [1.54, 1.807) is 113 Å². The van der Waals surface area contributed by atoms with Crippen molar-refractivity contribution in [2.24, 2.45) is 11.7 Å². The van der Waals surface area contributed by atoms with Crippen LogP contribution in [-0.2, 0) is 115 Å². The summed E-state index contributed by atoms with van der Waals surface area (Å²) >= 11 is 8.66. The molecule has 0 saturated carbocycles. The maximum absolute atomic E-state index is 14.7. The number of carboxylic acid groups (broad SMARTS) is 1. The first-order valence-electron chi connectivity index (χ1n) is 45.9.